The van der Waals surface area contributed by atoms with E-state index in [1.807, 2.05) is 0 Å². The van der Waals surface area contributed by atoms with Gasteiger partial charge in [0.1, 0.15) is 5.75 Å². The molecule has 0 heterocycles. The number of nitrogens with one attached hydrogen (secondary N) is 1. The largest absolute Gasteiger partial charge is 0.497 e. The van der Waals surface area contributed by atoms with Crippen LogP contribution in [0, 0.1) is 0 Å². The van der Waals surface area contributed by atoms with Gasteiger partial charge in [-0.1, -0.05) is 12.1 Å². The fraction of sp³-hybridized carbons (Fsp3) is 0.400. The standard InChI is InChI=1S/C10H15NO4S/c1-15-9-5-3-4-8(6-9)10(12)7-11-16(2,13)14/h3-6,10-12H,7H2,1-2H3. The quantitative estimate of drug-likeness (QED) is 0.781. The normalized spacial score (nSPS) is 13.4. The monoisotopic (exact) mass is 245 g/mol. The van der Waals surface area contributed by atoms with E-state index in [1.54, 1.807) is 24.3 Å². The Morgan fingerprint density at radius 2 is 2.19 bits per heavy atom. The van der Waals surface area contributed by atoms with Crippen molar-refractivity contribution in [2.24, 2.45) is 0 Å². The van der Waals surface area contributed by atoms with Gasteiger partial charge in [0.15, 0.2) is 0 Å². The predicted octanol–water partition coefficient (Wildman–Crippen LogP) is 0.278. The van der Waals surface area contributed by atoms with Crippen LogP contribution in [0.5, 0.6) is 5.75 Å². The Kier molecular flexibility index (Phi) is 4.28. The number of rotatable bonds is 5. The highest BCUT2D eigenvalue weighted by Crippen LogP contribution is 2.18. The van der Waals surface area contributed by atoms with Gasteiger partial charge in [0.2, 0.25) is 10.0 Å². The fourth-order valence-corrected chi connectivity index (χ4v) is 1.66. The molecule has 5 nitrogen and oxygen atoms in total. The molecular weight excluding hydrogens is 230 g/mol. The SMILES string of the molecule is COc1cccc(C(O)CNS(C)(=O)=O)c1. The van der Waals surface area contributed by atoms with E-state index in [9.17, 15) is 13.5 Å². The number of benzene rings is 1. The molecule has 16 heavy (non-hydrogen) atoms. The number of aliphatic hydroxyl groups is 1. The molecule has 1 aromatic carbocycles. The Morgan fingerprint density at radius 3 is 2.75 bits per heavy atom. The molecule has 2 N–H and O–H groups in total. The van der Waals surface area contributed by atoms with Crippen molar-refractivity contribution in [1.82, 2.24) is 4.72 Å². The summed E-state index contributed by atoms with van der Waals surface area (Å²) in [5, 5.41) is 9.72. The zero-order valence-electron chi connectivity index (χ0n) is 9.17. The van der Waals surface area contributed by atoms with E-state index < -0.39 is 16.1 Å². The Morgan fingerprint density at radius 1 is 1.50 bits per heavy atom. The second-order valence-electron chi connectivity index (χ2n) is 3.41. The van der Waals surface area contributed by atoms with Gasteiger partial charge in [-0.3, -0.25) is 0 Å². The molecule has 0 saturated carbocycles. The summed E-state index contributed by atoms with van der Waals surface area (Å²) in [5.74, 6) is 0.621. The van der Waals surface area contributed by atoms with E-state index >= 15 is 0 Å². The lowest BCUT2D eigenvalue weighted by molar-refractivity contribution is 0.181. The summed E-state index contributed by atoms with van der Waals surface area (Å²) in [6.45, 7) is -0.0496. The van der Waals surface area contributed by atoms with E-state index in [2.05, 4.69) is 4.72 Å². The highest BCUT2D eigenvalue weighted by atomic mass is 32.2. The predicted molar refractivity (Wildman–Crippen MR) is 60.8 cm³/mol. The van der Waals surface area contributed by atoms with Crippen molar-refractivity contribution >= 4 is 10.0 Å². The lowest BCUT2D eigenvalue weighted by Gasteiger charge is -2.12. The minimum atomic E-state index is -3.28. The van der Waals surface area contributed by atoms with Crippen LogP contribution in [0.4, 0.5) is 0 Å². The summed E-state index contributed by atoms with van der Waals surface area (Å²) >= 11 is 0. The maximum absolute atomic E-state index is 10.8. The fourth-order valence-electron chi connectivity index (χ4n) is 1.20. The number of ether oxygens (including phenoxy) is 1. The highest BCUT2D eigenvalue weighted by molar-refractivity contribution is 7.88. The van der Waals surface area contributed by atoms with Gasteiger partial charge in [0, 0.05) is 6.54 Å². The first-order valence-corrected chi connectivity index (χ1v) is 6.58. The topological polar surface area (TPSA) is 75.6 Å². The molecule has 0 radical (unpaired) electrons. The second-order valence-corrected chi connectivity index (χ2v) is 5.25. The molecule has 0 aliphatic rings. The van der Waals surface area contributed by atoms with E-state index in [-0.39, 0.29) is 6.54 Å². The van der Waals surface area contributed by atoms with Crippen LogP contribution in [0.15, 0.2) is 24.3 Å². The van der Waals surface area contributed by atoms with Crippen molar-refractivity contribution in [3.63, 3.8) is 0 Å². The smallest absolute Gasteiger partial charge is 0.208 e. The van der Waals surface area contributed by atoms with Gasteiger partial charge >= 0.3 is 0 Å². The Hall–Kier alpha value is -1.11. The Labute approximate surface area is 95.1 Å². The molecule has 0 spiro atoms. The Bertz CT molecular complexity index is 444. The average Bonchev–Trinajstić information content (AvgIpc) is 2.25. The first kappa shape index (κ1) is 13.0. The lowest BCUT2D eigenvalue weighted by atomic mass is 10.1. The minimum absolute atomic E-state index is 0.0496. The number of aliphatic hydroxyl groups excluding tert-OH is 1. The van der Waals surface area contributed by atoms with Crippen LogP contribution in [0.3, 0.4) is 0 Å². The van der Waals surface area contributed by atoms with Crippen molar-refractivity contribution in [3.8, 4) is 5.75 Å². The second kappa shape index (κ2) is 5.29. The zero-order valence-corrected chi connectivity index (χ0v) is 9.99. The zero-order chi connectivity index (χ0) is 12.2. The number of hydrogen-bond donors (Lipinski definition) is 2. The molecule has 0 amide bonds. The third-order valence-corrected chi connectivity index (χ3v) is 2.71. The van der Waals surface area contributed by atoms with Crippen LogP contribution in [-0.4, -0.2) is 33.4 Å². The maximum atomic E-state index is 10.8. The summed E-state index contributed by atoms with van der Waals surface area (Å²) in [6.07, 6.45) is 0.162. The van der Waals surface area contributed by atoms with Gasteiger partial charge in [-0.25, -0.2) is 13.1 Å². The first-order chi connectivity index (χ1) is 7.42. The van der Waals surface area contributed by atoms with E-state index in [0.29, 0.717) is 11.3 Å². The third-order valence-electron chi connectivity index (χ3n) is 2.02. The average molecular weight is 245 g/mol. The maximum Gasteiger partial charge on any atom is 0.208 e. The summed E-state index contributed by atoms with van der Waals surface area (Å²) in [5.41, 5.74) is 0.607. The summed E-state index contributed by atoms with van der Waals surface area (Å²) < 4.78 is 28.9. The molecule has 1 rings (SSSR count). The van der Waals surface area contributed by atoms with Crippen LogP contribution in [0.25, 0.3) is 0 Å². The Balaban J connectivity index is 2.69. The molecular formula is C10H15NO4S. The van der Waals surface area contributed by atoms with Crippen molar-refractivity contribution in [2.75, 3.05) is 19.9 Å². The van der Waals surface area contributed by atoms with Crippen molar-refractivity contribution < 1.29 is 18.3 Å². The van der Waals surface area contributed by atoms with Crippen molar-refractivity contribution in [2.45, 2.75) is 6.10 Å². The van der Waals surface area contributed by atoms with Crippen LogP contribution in [-0.2, 0) is 10.0 Å². The molecule has 0 aromatic heterocycles. The van der Waals surface area contributed by atoms with Gasteiger partial charge in [-0.05, 0) is 17.7 Å². The summed E-state index contributed by atoms with van der Waals surface area (Å²) in [6, 6.07) is 6.85. The number of hydrogen-bond acceptors (Lipinski definition) is 4. The van der Waals surface area contributed by atoms with E-state index in [4.69, 9.17) is 4.74 Å². The lowest BCUT2D eigenvalue weighted by Crippen LogP contribution is -2.27. The molecule has 0 bridgehead atoms. The third kappa shape index (κ3) is 4.18. The van der Waals surface area contributed by atoms with Crippen molar-refractivity contribution in [1.29, 1.82) is 0 Å². The molecule has 90 valence electrons. The minimum Gasteiger partial charge on any atom is -0.497 e. The molecule has 0 aliphatic carbocycles. The van der Waals surface area contributed by atoms with Crippen molar-refractivity contribution in [3.05, 3.63) is 29.8 Å². The van der Waals surface area contributed by atoms with Gasteiger partial charge in [-0.2, -0.15) is 0 Å². The van der Waals surface area contributed by atoms with Crippen LogP contribution < -0.4 is 9.46 Å². The van der Waals surface area contributed by atoms with Crippen LogP contribution >= 0.6 is 0 Å². The summed E-state index contributed by atoms with van der Waals surface area (Å²) in [7, 11) is -1.76. The summed E-state index contributed by atoms with van der Waals surface area (Å²) in [4.78, 5) is 0. The van der Waals surface area contributed by atoms with Crippen LogP contribution in [0.2, 0.25) is 0 Å². The molecule has 0 saturated heterocycles. The molecule has 6 heteroatoms. The van der Waals surface area contributed by atoms with Gasteiger partial charge in [0.05, 0.1) is 19.5 Å². The van der Waals surface area contributed by atoms with E-state index in [1.165, 1.54) is 7.11 Å². The molecule has 1 unspecified atom stereocenters. The molecule has 1 aromatic rings. The van der Waals surface area contributed by atoms with Gasteiger partial charge < -0.3 is 9.84 Å². The number of sulfonamides is 1. The molecule has 0 aliphatic heterocycles. The van der Waals surface area contributed by atoms with E-state index in [0.717, 1.165) is 6.26 Å². The first-order valence-electron chi connectivity index (χ1n) is 4.69. The molecule has 0 fully saturated rings. The number of methoxy groups -OCH3 is 1. The highest BCUT2D eigenvalue weighted by Gasteiger charge is 2.10. The van der Waals surface area contributed by atoms with Gasteiger partial charge in [0.25, 0.3) is 0 Å². The molecule has 1 atom stereocenters. The van der Waals surface area contributed by atoms with Gasteiger partial charge in [-0.15, -0.1) is 0 Å². The van der Waals surface area contributed by atoms with Crippen LogP contribution in [0.1, 0.15) is 11.7 Å².